The summed E-state index contributed by atoms with van der Waals surface area (Å²) in [7, 11) is 0. The molecule has 1 unspecified atom stereocenters. The summed E-state index contributed by atoms with van der Waals surface area (Å²) in [6.07, 6.45) is 1.37. The first-order valence-corrected chi connectivity index (χ1v) is 4.91. The van der Waals surface area contributed by atoms with Crippen LogP contribution in [0, 0.1) is 0 Å². The van der Waals surface area contributed by atoms with E-state index >= 15 is 0 Å². The Balaban J connectivity index is 2.51. The van der Waals surface area contributed by atoms with Gasteiger partial charge in [-0.2, -0.15) is 0 Å². The summed E-state index contributed by atoms with van der Waals surface area (Å²) in [6, 6.07) is 0. The van der Waals surface area contributed by atoms with Crippen molar-refractivity contribution in [2.24, 2.45) is 0 Å². The van der Waals surface area contributed by atoms with Gasteiger partial charge in [-0.05, 0) is 26.7 Å². The molecule has 0 aromatic carbocycles. The highest BCUT2D eigenvalue weighted by Gasteiger charge is 2.39. The van der Waals surface area contributed by atoms with Gasteiger partial charge in [0.25, 0.3) is 0 Å². The van der Waals surface area contributed by atoms with Crippen molar-refractivity contribution in [3.8, 4) is 0 Å². The third-order valence-electron chi connectivity index (χ3n) is 2.62. The fourth-order valence-electron chi connectivity index (χ4n) is 2.00. The molecule has 1 atom stereocenters. The zero-order chi connectivity index (χ0) is 10.8. The highest BCUT2D eigenvalue weighted by molar-refractivity contribution is 5.66. The van der Waals surface area contributed by atoms with Crippen LogP contribution in [0.1, 0.15) is 39.5 Å². The van der Waals surface area contributed by atoms with Crippen LogP contribution in [0.3, 0.4) is 0 Å². The van der Waals surface area contributed by atoms with Gasteiger partial charge in [0.2, 0.25) is 0 Å². The van der Waals surface area contributed by atoms with E-state index in [4.69, 9.17) is 9.84 Å². The predicted octanol–water partition coefficient (Wildman–Crippen LogP) is 1.17. The summed E-state index contributed by atoms with van der Waals surface area (Å²) in [5, 5.41) is 18.7. The summed E-state index contributed by atoms with van der Waals surface area (Å²) < 4.78 is 5.46. The average molecular weight is 202 g/mol. The number of hydrogen-bond donors (Lipinski definition) is 2. The number of rotatable bonds is 3. The Kier molecular flexibility index (Phi) is 3.17. The normalized spacial score (nSPS) is 31.4. The molecule has 0 spiro atoms. The molecule has 4 heteroatoms. The Morgan fingerprint density at radius 1 is 1.50 bits per heavy atom. The maximum absolute atomic E-state index is 10.4. The van der Waals surface area contributed by atoms with Crippen LogP contribution in [-0.2, 0) is 9.53 Å². The lowest BCUT2D eigenvalue weighted by atomic mass is 9.81. The van der Waals surface area contributed by atoms with Gasteiger partial charge in [-0.3, -0.25) is 4.79 Å². The maximum atomic E-state index is 10.4. The number of ether oxygens (including phenoxy) is 1. The number of aliphatic carboxylic acids is 1. The topological polar surface area (TPSA) is 66.8 Å². The lowest BCUT2D eigenvalue weighted by Crippen LogP contribution is -2.46. The van der Waals surface area contributed by atoms with E-state index in [-0.39, 0.29) is 12.0 Å². The van der Waals surface area contributed by atoms with Crippen molar-refractivity contribution in [1.82, 2.24) is 0 Å². The van der Waals surface area contributed by atoms with Crippen molar-refractivity contribution < 1.29 is 19.7 Å². The van der Waals surface area contributed by atoms with Crippen LogP contribution >= 0.6 is 0 Å². The average Bonchev–Trinajstić information content (AvgIpc) is 1.98. The maximum Gasteiger partial charge on any atom is 0.303 e. The first kappa shape index (κ1) is 11.5. The van der Waals surface area contributed by atoms with Gasteiger partial charge in [-0.15, -0.1) is 0 Å². The molecule has 0 bridgehead atoms. The van der Waals surface area contributed by atoms with Crippen molar-refractivity contribution in [2.75, 3.05) is 6.61 Å². The zero-order valence-corrected chi connectivity index (χ0v) is 8.75. The zero-order valence-electron chi connectivity index (χ0n) is 8.75. The fraction of sp³-hybridized carbons (Fsp3) is 0.900. The van der Waals surface area contributed by atoms with Gasteiger partial charge in [-0.25, -0.2) is 0 Å². The van der Waals surface area contributed by atoms with E-state index < -0.39 is 11.6 Å². The van der Waals surface area contributed by atoms with Gasteiger partial charge in [0.05, 0.1) is 17.8 Å². The Bertz CT molecular complexity index is 224. The lowest BCUT2D eigenvalue weighted by Gasteiger charge is -2.41. The Morgan fingerprint density at radius 3 is 2.64 bits per heavy atom. The summed E-state index contributed by atoms with van der Waals surface area (Å²) in [4.78, 5) is 10.4. The molecular weight excluding hydrogens is 184 g/mol. The van der Waals surface area contributed by atoms with Crippen molar-refractivity contribution in [3.63, 3.8) is 0 Å². The predicted molar refractivity (Wildman–Crippen MR) is 51.1 cm³/mol. The SMILES string of the molecule is CC1(C)CC(O)(CCC(=O)O)CCO1. The standard InChI is InChI=1S/C10H18O4/c1-9(2)7-10(13,5-6-14-9)4-3-8(11)12/h13H,3-7H2,1-2H3,(H,11,12). The van der Waals surface area contributed by atoms with Crippen LogP contribution in [0.2, 0.25) is 0 Å². The third kappa shape index (κ3) is 3.27. The third-order valence-corrected chi connectivity index (χ3v) is 2.62. The monoisotopic (exact) mass is 202 g/mol. The first-order chi connectivity index (χ1) is 6.33. The van der Waals surface area contributed by atoms with E-state index in [1.54, 1.807) is 0 Å². The fourth-order valence-corrected chi connectivity index (χ4v) is 2.00. The van der Waals surface area contributed by atoms with Crippen molar-refractivity contribution >= 4 is 5.97 Å². The summed E-state index contributed by atoms with van der Waals surface area (Å²) in [6.45, 7) is 4.33. The summed E-state index contributed by atoms with van der Waals surface area (Å²) >= 11 is 0. The van der Waals surface area contributed by atoms with Gasteiger partial charge >= 0.3 is 5.97 Å². The van der Waals surface area contributed by atoms with Crippen LogP contribution in [-0.4, -0.2) is 34.0 Å². The van der Waals surface area contributed by atoms with E-state index in [0.717, 1.165) is 0 Å². The van der Waals surface area contributed by atoms with Crippen LogP contribution in [0.5, 0.6) is 0 Å². The molecule has 0 amide bonds. The van der Waals surface area contributed by atoms with E-state index in [1.807, 2.05) is 13.8 Å². The highest BCUT2D eigenvalue weighted by atomic mass is 16.5. The van der Waals surface area contributed by atoms with Gasteiger partial charge in [-0.1, -0.05) is 0 Å². The molecule has 1 rings (SSSR count). The first-order valence-electron chi connectivity index (χ1n) is 4.91. The molecule has 0 radical (unpaired) electrons. The van der Waals surface area contributed by atoms with Gasteiger partial charge < -0.3 is 14.9 Å². The molecule has 1 aliphatic heterocycles. The Hall–Kier alpha value is -0.610. The van der Waals surface area contributed by atoms with Crippen LogP contribution < -0.4 is 0 Å². The number of carboxylic acids is 1. The number of carboxylic acid groups (broad SMARTS) is 1. The molecule has 2 N–H and O–H groups in total. The van der Waals surface area contributed by atoms with Crippen molar-refractivity contribution in [3.05, 3.63) is 0 Å². The molecule has 4 nitrogen and oxygen atoms in total. The highest BCUT2D eigenvalue weighted by Crippen LogP contribution is 2.34. The second-order valence-electron chi connectivity index (χ2n) is 4.65. The van der Waals surface area contributed by atoms with Gasteiger partial charge in [0, 0.05) is 12.8 Å². The molecule has 1 fully saturated rings. The minimum atomic E-state index is -0.861. The van der Waals surface area contributed by atoms with Crippen LogP contribution in [0.25, 0.3) is 0 Å². The molecule has 1 heterocycles. The molecule has 1 aliphatic rings. The van der Waals surface area contributed by atoms with Gasteiger partial charge in [0.1, 0.15) is 0 Å². The largest absolute Gasteiger partial charge is 0.481 e. The molecule has 1 saturated heterocycles. The second kappa shape index (κ2) is 3.87. The molecule has 0 aliphatic carbocycles. The minimum absolute atomic E-state index is 0.0204. The Labute approximate surface area is 83.9 Å². The van der Waals surface area contributed by atoms with E-state index in [9.17, 15) is 9.90 Å². The second-order valence-corrected chi connectivity index (χ2v) is 4.65. The van der Waals surface area contributed by atoms with Crippen LogP contribution in [0.4, 0.5) is 0 Å². The van der Waals surface area contributed by atoms with Gasteiger partial charge in [0.15, 0.2) is 0 Å². The van der Waals surface area contributed by atoms with Crippen LogP contribution in [0.15, 0.2) is 0 Å². The smallest absolute Gasteiger partial charge is 0.303 e. The van der Waals surface area contributed by atoms with E-state index in [1.165, 1.54) is 0 Å². The number of hydrogen-bond acceptors (Lipinski definition) is 3. The van der Waals surface area contributed by atoms with Crippen molar-refractivity contribution in [1.29, 1.82) is 0 Å². The quantitative estimate of drug-likeness (QED) is 0.721. The van der Waals surface area contributed by atoms with E-state index in [2.05, 4.69) is 0 Å². The molecule has 0 saturated carbocycles. The molecular formula is C10H18O4. The number of aliphatic hydroxyl groups is 1. The summed E-state index contributed by atoms with van der Waals surface area (Å²) in [5.41, 5.74) is -1.20. The molecule has 14 heavy (non-hydrogen) atoms. The Morgan fingerprint density at radius 2 is 2.14 bits per heavy atom. The van der Waals surface area contributed by atoms with E-state index in [0.29, 0.717) is 25.9 Å². The summed E-state index contributed by atoms with van der Waals surface area (Å²) in [5.74, 6) is -0.859. The van der Waals surface area contributed by atoms with Crippen molar-refractivity contribution in [2.45, 2.75) is 50.7 Å². The molecule has 0 aromatic heterocycles. The molecule has 0 aromatic rings. The lowest BCUT2D eigenvalue weighted by molar-refractivity contribution is -0.154. The molecule has 82 valence electrons. The number of carbonyl (C=O) groups is 1. The minimum Gasteiger partial charge on any atom is -0.481 e.